The molecule has 0 aromatic rings. The third-order valence-corrected chi connectivity index (χ3v) is 4.84. The molecule has 0 aromatic heterocycles. The smallest absolute Gasteiger partial charge is 0.320 e. The average Bonchev–Trinajstić information content (AvgIpc) is 2.57. The highest BCUT2D eigenvalue weighted by atomic mass is 16.5. The van der Waals surface area contributed by atoms with E-state index in [0.717, 1.165) is 6.42 Å². The lowest BCUT2D eigenvalue weighted by Crippen LogP contribution is -2.53. The first-order chi connectivity index (χ1) is 12.3. The number of piperazine rings is 1. The number of rotatable bonds is 10. The van der Waals surface area contributed by atoms with Crippen LogP contribution in [0, 0.1) is 17.8 Å². The Bertz CT molecular complexity index is 473. The van der Waals surface area contributed by atoms with E-state index in [1.165, 1.54) is 0 Å². The number of carbonyl (C=O) groups excluding carboxylic acids is 3. The first-order valence-corrected chi connectivity index (χ1v) is 9.76. The molecule has 2 atom stereocenters. The van der Waals surface area contributed by atoms with Crippen molar-refractivity contribution in [2.45, 2.75) is 47.0 Å². The van der Waals surface area contributed by atoms with Crippen molar-refractivity contribution in [2.24, 2.45) is 23.5 Å². The number of nitrogens with two attached hydrogens (primary N) is 1. The van der Waals surface area contributed by atoms with Crippen LogP contribution in [0.4, 0.5) is 0 Å². The first-order valence-electron chi connectivity index (χ1n) is 9.76. The lowest BCUT2D eigenvalue weighted by atomic mass is 9.81. The van der Waals surface area contributed by atoms with Crippen LogP contribution < -0.4 is 5.73 Å². The Kier molecular flexibility index (Phi) is 9.62. The standard InChI is InChI=1S/C19H35N3O4/c1-5-7-15(18(20)24)16(12-14(3)4)19(25)22-10-8-21(9-11-22)13-17(23)26-6-2/h14-16H,5-13H2,1-4H3,(H2,20,24)/t15-,16+/m0/s1. The van der Waals surface area contributed by atoms with Crippen molar-refractivity contribution in [2.75, 3.05) is 39.3 Å². The molecule has 1 heterocycles. The molecule has 0 radical (unpaired) electrons. The van der Waals surface area contributed by atoms with E-state index in [-0.39, 0.29) is 30.2 Å². The Balaban J connectivity index is 2.71. The lowest BCUT2D eigenvalue weighted by molar-refractivity contribution is -0.147. The molecule has 0 saturated carbocycles. The van der Waals surface area contributed by atoms with E-state index in [9.17, 15) is 14.4 Å². The SMILES string of the molecule is CCC[C@H](C(N)=O)[C@@H](CC(C)C)C(=O)N1CCN(CC(=O)OCC)CC1. The molecule has 150 valence electrons. The summed E-state index contributed by atoms with van der Waals surface area (Å²) >= 11 is 0. The summed E-state index contributed by atoms with van der Waals surface area (Å²) in [6, 6.07) is 0. The van der Waals surface area contributed by atoms with Crippen LogP contribution in [-0.2, 0) is 19.1 Å². The van der Waals surface area contributed by atoms with Crippen molar-refractivity contribution in [3.63, 3.8) is 0 Å². The minimum absolute atomic E-state index is 0.0201. The second-order valence-electron chi connectivity index (χ2n) is 7.44. The van der Waals surface area contributed by atoms with Crippen molar-refractivity contribution >= 4 is 17.8 Å². The van der Waals surface area contributed by atoms with Gasteiger partial charge in [0.05, 0.1) is 13.2 Å². The summed E-state index contributed by atoms with van der Waals surface area (Å²) in [4.78, 5) is 40.4. The molecule has 1 aliphatic rings. The summed E-state index contributed by atoms with van der Waals surface area (Å²) in [5.41, 5.74) is 5.60. The fourth-order valence-corrected chi connectivity index (χ4v) is 3.55. The summed E-state index contributed by atoms with van der Waals surface area (Å²) in [5.74, 6) is -1.05. The van der Waals surface area contributed by atoms with Crippen LogP contribution in [0.25, 0.3) is 0 Å². The highest BCUT2D eigenvalue weighted by Crippen LogP contribution is 2.27. The molecular weight excluding hydrogens is 334 g/mol. The van der Waals surface area contributed by atoms with Gasteiger partial charge in [0, 0.05) is 38.0 Å². The molecule has 0 aliphatic carbocycles. The topological polar surface area (TPSA) is 92.9 Å². The van der Waals surface area contributed by atoms with Gasteiger partial charge in [-0.25, -0.2) is 0 Å². The molecule has 2 amide bonds. The minimum atomic E-state index is -0.410. The Labute approximate surface area is 157 Å². The molecule has 26 heavy (non-hydrogen) atoms. The van der Waals surface area contributed by atoms with E-state index in [2.05, 4.69) is 13.8 Å². The quantitative estimate of drug-likeness (QED) is 0.585. The number of nitrogens with zero attached hydrogens (tertiary/aromatic N) is 2. The van der Waals surface area contributed by atoms with Crippen LogP contribution in [0.3, 0.4) is 0 Å². The maximum atomic E-state index is 13.1. The molecule has 1 saturated heterocycles. The van der Waals surface area contributed by atoms with Gasteiger partial charge in [-0.05, 0) is 25.7 Å². The van der Waals surface area contributed by atoms with E-state index in [0.29, 0.717) is 51.5 Å². The number of hydrogen-bond donors (Lipinski definition) is 1. The van der Waals surface area contributed by atoms with Crippen LogP contribution in [-0.4, -0.2) is 66.9 Å². The summed E-state index contributed by atoms with van der Waals surface area (Å²) < 4.78 is 4.97. The zero-order valence-electron chi connectivity index (χ0n) is 16.7. The van der Waals surface area contributed by atoms with Crippen LogP contribution in [0.1, 0.15) is 47.0 Å². The highest BCUT2D eigenvalue weighted by molar-refractivity contribution is 5.87. The third kappa shape index (κ3) is 6.94. The average molecular weight is 370 g/mol. The Morgan fingerprint density at radius 2 is 1.65 bits per heavy atom. The molecule has 2 N–H and O–H groups in total. The van der Waals surface area contributed by atoms with E-state index < -0.39 is 5.92 Å². The zero-order chi connectivity index (χ0) is 19.7. The van der Waals surface area contributed by atoms with Gasteiger partial charge in [0.25, 0.3) is 0 Å². The molecule has 0 spiro atoms. The summed E-state index contributed by atoms with van der Waals surface area (Å²) in [6.45, 7) is 10.9. The van der Waals surface area contributed by atoms with Gasteiger partial charge >= 0.3 is 5.97 Å². The van der Waals surface area contributed by atoms with Crippen LogP contribution in [0.15, 0.2) is 0 Å². The number of amides is 2. The van der Waals surface area contributed by atoms with E-state index in [1.807, 2.05) is 16.7 Å². The van der Waals surface area contributed by atoms with Gasteiger partial charge in [-0.2, -0.15) is 0 Å². The van der Waals surface area contributed by atoms with Gasteiger partial charge in [-0.1, -0.05) is 27.2 Å². The van der Waals surface area contributed by atoms with Crippen molar-refractivity contribution in [3.05, 3.63) is 0 Å². The predicted octanol–water partition coefficient (Wildman–Crippen LogP) is 1.26. The second kappa shape index (κ2) is 11.2. The van der Waals surface area contributed by atoms with E-state index >= 15 is 0 Å². The van der Waals surface area contributed by atoms with Gasteiger partial charge in [-0.3, -0.25) is 19.3 Å². The summed E-state index contributed by atoms with van der Waals surface area (Å²) in [5, 5.41) is 0. The molecule has 0 unspecified atom stereocenters. The molecule has 0 bridgehead atoms. The summed E-state index contributed by atoms with van der Waals surface area (Å²) in [7, 11) is 0. The number of carbonyl (C=O) groups is 3. The molecule has 1 rings (SSSR count). The highest BCUT2D eigenvalue weighted by Gasteiger charge is 2.36. The number of hydrogen-bond acceptors (Lipinski definition) is 5. The van der Waals surface area contributed by atoms with Gasteiger partial charge in [0.15, 0.2) is 0 Å². The van der Waals surface area contributed by atoms with Crippen LogP contribution >= 0.6 is 0 Å². The van der Waals surface area contributed by atoms with Crippen molar-refractivity contribution < 1.29 is 19.1 Å². The van der Waals surface area contributed by atoms with Gasteiger partial charge in [0.2, 0.25) is 11.8 Å². The molecule has 1 aliphatic heterocycles. The zero-order valence-corrected chi connectivity index (χ0v) is 16.7. The Hall–Kier alpha value is -1.63. The van der Waals surface area contributed by atoms with Crippen LogP contribution in [0.5, 0.6) is 0 Å². The second-order valence-corrected chi connectivity index (χ2v) is 7.44. The van der Waals surface area contributed by atoms with Crippen molar-refractivity contribution in [3.8, 4) is 0 Å². The normalized spacial score (nSPS) is 17.8. The number of primary amides is 1. The molecule has 0 aromatic carbocycles. The predicted molar refractivity (Wildman–Crippen MR) is 100 cm³/mol. The maximum absolute atomic E-state index is 13.1. The molecule has 7 nitrogen and oxygen atoms in total. The van der Waals surface area contributed by atoms with Gasteiger partial charge in [-0.15, -0.1) is 0 Å². The van der Waals surface area contributed by atoms with E-state index in [1.54, 1.807) is 6.92 Å². The minimum Gasteiger partial charge on any atom is -0.465 e. The molecule has 7 heteroatoms. The molecular formula is C19H35N3O4. The Morgan fingerprint density at radius 3 is 2.12 bits per heavy atom. The number of esters is 1. The first kappa shape index (κ1) is 22.4. The van der Waals surface area contributed by atoms with Gasteiger partial charge < -0.3 is 15.4 Å². The number of ether oxygens (including phenoxy) is 1. The lowest BCUT2D eigenvalue weighted by Gasteiger charge is -2.37. The molecule has 1 fully saturated rings. The summed E-state index contributed by atoms with van der Waals surface area (Å²) in [6.07, 6.45) is 2.12. The Morgan fingerprint density at radius 1 is 1.04 bits per heavy atom. The van der Waals surface area contributed by atoms with Crippen molar-refractivity contribution in [1.82, 2.24) is 9.80 Å². The third-order valence-electron chi connectivity index (χ3n) is 4.84. The fraction of sp³-hybridized carbons (Fsp3) is 0.842. The van der Waals surface area contributed by atoms with Crippen LogP contribution in [0.2, 0.25) is 0 Å². The monoisotopic (exact) mass is 369 g/mol. The van der Waals surface area contributed by atoms with E-state index in [4.69, 9.17) is 10.5 Å². The van der Waals surface area contributed by atoms with Gasteiger partial charge in [0.1, 0.15) is 0 Å². The van der Waals surface area contributed by atoms with Crippen molar-refractivity contribution in [1.29, 1.82) is 0 Å². The fourth-order valence-electron chi connectivity index (χ4n) is 3.55. The maximum Gasteiger partial charge on any atom is 0.320 e. The largest absolute Gasteiger partial charge is 0.465 e.